The highest BCUT2D eigenvalue weighted by Crippen LogP contribution is 2.45. The molecule has 3 unspecified atom stereocenters. The van der Waals surface area contributed by atoms with Gasteiger partial charge in [0.1, 0.15) is 0 Å². The van der Waals surface area contributed by atoms with Gasteiger partial charge in [0.2, 0.25) is 5.91 Å². The highest BCUT2D eigenvalue weighted by Gasteiger charge is 2.45. The Balaban J connectivity index is 2.18. The third kappa shape index (κ3) is 3.24. The van der Waals surface area contributed by atoms with Crippen molar-refractivity contribution in [3.05, 3.63) is 28.8 Å². The van der Waals surface area contributed by atoms with Crippen molar-refractivity contribution in [3.63, 3.8) is 0 Å². The summed E-state index contributed by atoms with van der Waals surface area (Å²) in [4.78, 5) is 12.7. The molecule has 3 N–H and O–H groups in total. The summed E-state index contributed by atoms with van der Waals surface area (Å²) in [6.07, 6.45) is 1.72. The van der Waals surface area contributed by atoms with Gasteiger partial charge in [-0.1, -0.05) is 38.4 Å². The number of hydrogen-bond donors (Lipinski definition) is 2. The molecule has 4 heteroatoms. The zero-order chi connectivity index (χ0) is 15.8. The molecule has 0 heterocycles. The Hall–Kier alpha value is -1.06. The van der Waals surface area contributed by atoms with E-state index < -0.39 is 0 Å². The summed E-state index contributed by atoms with van der Waals surface area (Å²) in [5.41, 5.74) is 7.82. The lowest BCUT2D eigenvalue weighted by Crippen LogP contribution is -2.50. The van der Waals surface area contributed by atoms with E-state index in [1.165, 1.54) is 0 Å². The number of aryl methyl sites for hydroxylation is 1. The van der Waals surface area contributed by atoms with Gasteiger partial charge in [0.25, 0.3) is 0 Å². The monoisotopic (exact) mass is 308 g/mol. The molecular formula is C17H25ClN2O. The molecule has 0 aliphatic heterocycles. The molecule has 1 aromatic rings. The molecule has 0 bridgehead atoms. The molecule has 3 atom stereocenters. The predicted octanol–water partition coefficient (Wildman–Crippen LogP) is 3.99. The second-order valence-electron chi connectivity index (χ2n) is 6.88. The molecule has 1 amide bonds. The van der Waals surface area contributed by atoms with Crippen molar-refractivity contribution >= 4 is 23.2 Å². The normalized spacial score (nSPS) is 28.2. The van der Waals surface area contributed by atoms with E-state index in [1.807, 2.05) is 25.1 Å². The fourth-order valence-electron chi connectivity index (χ4n) is 3.27. The summed E-state index contributed by atoms with van der Waals surface area (Å²) in [7, 11) is 0. The van der Waals surface area contributed by atoms with E-state index >= 15 is 0 Å². The van der Waals surface area contributed by atoms with Crippen LogP contribution in [0.25, 0.3) is 0 Å². The number of anilines is 1. The lowest BCUT2D eigenvalue weighted by atomic mass is 9.61. The van der Waals surface area contributed by atoms with Crippen LogP contribution in [-0.4, -0.2) is 11.9 Å². The maximum atomic E-state index is 12.7. The average Bonchev–Trinajstić information content (AvgIpc) is 2.40. The number of hydrogen-bond acceptors (Lipinski definition) is 2. The first kappa shape index (κ1) is 16.3. The molecule has 1 aliphatic carbocycles. The molecule has 0 radical (unpaired) electrons. The van der Waals surface area contributed by atoms with E-state index in [0.29, 0.717) is 16.6 Å². The van der Waals surface area contributed by atoms with Gasteiger partial charge in [-0.2, -0.15) is 0 Å². The molecule has 1 fully saturated rings. The average molecular weight is 309 g/mol. The zero-order valence-corrected chi connectivity index (χ0v) is 14.0. The van der Waals surface area contributed by atoms with Gasteiger partial charge in [0, 0.05) is 12.0 Å². The molecule has 0 saturated heterocycles. The van der Waals surface area contributed by atoms with Gasteiger partial charge in [-0.05, 0) is 48.8 Å². The third-order valence-corrected chi connectivity index (χ3v) is 5.53. The lowest BCUT2D eigenvalue weighted by Gasteiger charge is -2.46. The summed E-state index contributed by atoms with van der Waals surface area (Å²) in [5.74, 6) is 0.324. The van der Waals surface area contributed by atoms with Gasteiger partial charge >= 0.3 is 0 Å². The van der Waals surface area contributed by atoms with E-state index in [4.69, 9.17) is 17.3 Å². The molecular weight excluding hydrogens is 284 g/mol. The minimum atomic E-state index is -0.113. The standard InChI is InChI=1S/C17H25ClN2O/c1-10-5-7-13(18)15(9-10)20-16(21)12-6-8-14(19)11(2)17(12,3)4/h5,7,9,11-12,14H,6,8,19H2,1-4H3,(H,20,21). The van der Waals surface area contributed by atoms with Crippen LogP contribution in [0.3, 0.4) is 0 Å². The van der Waals surface area contributed by atoms with Crippen molar-refractivity contribution in [3.8, 4) is 0 Å². The second-order valence-corrected chi connectivity index (χ2v) is 7.28. The second kappa shape index (κ2) is 5.98. The van der Waals surface area contributed by atoms with Crippen LogP contribution in [0, 0.1) is 24.2 Å². The van der Waals surface area contributed by atoms with Crippen molar-refractivity contribution in [2.75, 3.05) is 5.32 Å². The number of amides is 1. The van der Waals surface area contributed by atoms with Crippen LogP contribution < -0.4 is 11.1 Å². The van der Waals surface area contributed by atoms with Crippen LogP contribution in [0.5, 0.6) is 0 Å². The van der Waals surface area contributed by atoms with Crippen LogP contribution in [-0.2, 0) is 4.79 Å². The fourth-order valence-corrected chi connectivity index (χ4v) is 3.44. The van der Waals surface area contributed by atoms with Crippen molar-refractivity contribution in [1.29, 1.82) is 0 Å². The molecule has 1 saturated carbocycles. The van der Waals surface area contributed by atoms with Crippen LogP contribution in [0.1, 0.15) is 39.2 Å². The highest BCUT2D eigenvalue weighted by atomic mass is 35.5. The summed E-state index contributed by atoms with van der Waals surface area (Å²) in [6, 6.07) is 5.83. The Morgan fingerprint density at radius 3 is 2.71 bits per heavy atom. The van der Waals surface area contributed by atoms with Gasteiger partial charge in [-0.25, -0.2) is 0 Å². The Labute approximate surface area is 132 Å². The zero-order valence-electron chi connectivity index (χ0n) is 13.2. The first-order chi connectivity index (χ1) is 9.73. The first-order valence-corrected chi connectivity index (χ1v) is 7.94. The highest BCUT2D eigenvalue weighted by molar-refractivity contribution is 6.33. The van der Waals surface area contributed by atoms with Crippen molar-refractivity contribution < 1.29 is 4.79 Å². The first-order valence-electron chi connectivity index (χ1n) is 7.56. The summed E-state index contributed by atoms with van der Waals surface area (Å²) in [6.45, 7) is 8.40. The van der Waals surface area contributed by atoms with Gasteiger partial charge in [0.05, 0.1) is 10.7 Å². The predicted molar refractivity (Wildman–Crippen MR) is 88.5 cm³/mol. The van der Waals surface area contributed by atoms with E-state index in [0.717, 1.165) is 18.4 Å². The minimum Gasteiger partial charge on any atom is -0.327 e. The van der Waals surface area contributed by atoms with E-state index in [-0.39, 0.29) is 23.3 Å². The maximum Gasteiger partial charge on any atom is 0.228 e. The Morgan fingerprint density at radius 1 is 1.38 bits per heavy atom. The third-order valence-electron chi connectivity index (χ3n) is 5.20. The lowest BCUT2D eigenvalue weighted by molar-refractivity contribution is -0.127. The number of halogens is 1. The summed E-state index contributed by atoms with van der Waals surface area (Å²) >= 11 is 6.17. The molecule has 21 heavy (non-hydrogen) atoms. The fraction of sp³-hybridized carbons (Fsp3) is 0.588. The smallest absolute Gasteiger partial charge is 0.228 e. The van der Waals surface area contributed by atoms with Gasteiger partial charge in [0.15, 0.2) is 0 Å². The Morgan fingerprint density at radius 2 is 2.05 bits per heavy atom. The van der Waals surface area contributed by atoms with Crippen molar-refractivity contribution in [2.24, 2.45) is 23.0 Å². The molecule has 3 nitrogen and oxygen atoms in total. The van der Waals surface area contributed by atoms with Gasteiger partial charge in [-0.15, -0.1) is 0 Å². The minimum absolute atomic E-state index is 0.0381. The summed E-state index contributed by atoms with van der Waals surface area (Å²) < 4.78 is 0. The van der Waals surface area contributed by atoms with Crippen LogP contribution in [0.2, 0.25) is 5.02 Å². The number of rotatable bonds is 2. The molecule has 116 valence electrons. The Bertz CT molecular complexity index is 542. The molecule has 1 aliphatic rings. The van der Waals surface area contributed by atoms with E-state index in [2.05, 4.69) is 26.1 Å². The molecule has 2 rings (SSSR count). The number of carbonyl (C=O) groups is 1. The quantitative estimate of drug-likeness (QED) is 0.868. The van der Waals surface area contributed by atoms with Gasteiger partial charge < -0.3 is 11.1 Å². The number of carbonyl (C=O) groups excluding carboxylic acids is 1. The van der Waals surface area contributed by atoms with Crippen LogP contribution in [0.15, 0.2) is 18.2 Å². The topological polar surface area (TPSA) is 55.1 Å². The molecule has 0 aromatic heterocycles. The summed E-state index contributed by atoms with van der Waals surface area (Å²) in [5, 5.41) is 3.58. The number of nitrogens with two attached hydrogens (primary N) is 1. The van der Waals surface area contributed by atoms with E-state index in [9.17, 15) is 4.79 Å². The number of nitrogens with one attached hydrogen (secondary N) is 1. The van der Waals surface area contributed by atoms with Crippen molar-refractivity contribution in [2.45, 2.75) is 46.6 Å². The van der Waals surface area contributed by atoms with Crippen LogP contribution in [0.4, 0.5) is 5.69 Å². The number of benzene rings is 1. The van der Waals surface area contributed by atoms with Crippen LogP contribution >= 0.6 is 11.6 Å². The molecule has 0 spiro atoms. The molecule has 1 aromatic carbocycles. The SMILES string of the molecule is Cc1ccc(Cl)c(NC(=O)C2CCC(N)C(C)C2(C)C)c1. The maximum absolute atomic E-state index is 12.7. The van der Waals surface area contributed by atoms with E-state index in [1.54, 1.807) is 0 Å². The van der Waals surface area contributed by atoms with Crippen molar-refractivity contribution in [1.82, 2.24) is 0 Å². The Kier molecular flexibility index (Phi) is 4.64. The largest absolute Gasteiger partial charge is 0.327 e. The van der Waals surface area contributed by atoms with Gasteiger partial charge in [-0.3, -0.25) is 4.79 Å².